The van der Waals surface area contributed by atoms with Crippen LogP contribution in [0.3, 0.4) is 0 Å². The minimum Gasteiger partial charge on any atom is -0.487 e. The Labute approximate surface area is 221 Å². The Morgan fingerprint density at radius 3 is 2.27 bits per heavy atom. The highest BCUT2D eigenvalue weighted by molar-refractivity contribution is 6.37. The average molecular weight is 552 g/mol. The van der Waals surface area contributed by atoms with Crippen LogP contribution in [0.15, 0.2) is 36.5 Å². The van der Waals surface area contributed by atoms with Crippen LogP contribution in [0.5, 0.6) is 11.6 Å². The predicted octanol–water partition coefficient (Wildman–Crippen LogP) is 3.96. The number of fused-ring (bicyclic) bond motifs is 2. The molecule has 2 aromatic rings. The molecule has 4 rings (SSSR count). The van der Waals surface area contributed by atoms with Gasteiger partial charge in [0.25, 0.3) is 0 Å². The van der Waals surface area contributed by atoms with Crippen LogP contribution in [-0.2, 0) is 4.79 Å². The first-order valence-electron chi connectivity index (χ1n) is 11.2. The van der Waals surface area contributed by atoms with E-state index in [1.54, 1.807) is 24.3 Å². The van der Waals surface area contributed by atoms with Crippen molar-refractivity contribution in [3.8, 4) is 11.6 Å². The summed E-state index contributed by atoms with van der Waals surface area (Å²) in [6, 6.07) is 4.74. The number of rotatable bonds is 7. The van der Waals surface area contributed by atoms with Gasteiger partial charge in [0.15, 0.2) is 5.75 Å². The number of ether oxygens (including phenoxy) is 2. The van der Waals surface area contributed by atoms with E-state index < -0.39 is 36.2 Å². The van der Waals surface area contributed by atoms with E-state index in [4.69, 9.17) is 32.7 Å². The van der Waals surface area contributed by atoms with Gasteiger partial charge in [0.1, 0.15) is 19.1 Å². The molecule has 2 aliphatic heterocycles. The van der Waals surface area contributed by atoms with E-state index in [9.17, 15) is 29.7 Å². The smallest absolute Gasteiger partial charge is 0.408 e. The molecule has 1 unspecified atom stereocenters. The summed E-state index contributed by atoms with van der Waals surface area (Å²) in [5.74, 6) is -1.92. The van der Waals surface area contributed by atoms with Gasteiger partial charge in [0.05, 0.1) is 22.1 Å². The first-order valence-corrected chi connectivity index (χ1v) is 11.9. The molecule has 3 atom stereocenters. The fourth-order valence-corrected chi connectivity index (χ4v) is 5.33. The van der Waals surface area contributed by atoms with Crippen LogP contribution in [0.25, 0.3) is 5.57 Å². The second-order valence-electron chi connectivity index (χ2n) is 8.59. The molecule has 0 radical (unpaired) electrons. The SMILES string of the molecule is Cc1cc(Cl)c(OCCOc2ccc(C3=C[C@@H]4CN(C(=O)O)C[C@H](C3C(=O)O)N4C(=O)O)cn2)c(Cl)c1. The summed E-state index contributed by atoms with van der Waals surface area (Å²) in [4.78, 5) is 41.8. The minimum absolute atomic E-state index is 0.0996. The van der Waals surface area contributed by atoms with Gasteiger partial charge in [-0.25, -0.2) is 14.6 Å². The number of carbonyl (C=O) groups is 3. The van der Waals surface area contributed by atoms with Crippen molar-refractivity contribution in [1.29, 1.82) is 0 Å². The Bertz CT molecular complexity index is 1230. The number of aliphatic carboxylic acids is 1. The number of pyridine rings is 1. The maximum Gasteiger partial charge on any atom is 0.408 e. The van der Waals surface area contributed by atoms with Gasteiger partial charge in [-0.3, -0.25) is 9.69 Å². The van der Waals surface area contributed by atoms with Gasteiger partial charge in [-0.1, -0.05) is 29.3 Å². The molecule has 1 fully saturated rings. The molecule has 1 aromatic carbocycles. The summed E-state index contributed by atoms with van der Waals surface area (Å²) in [5.41, 5.74) is 1.74. The van der Waals surface area contributed by atoms with E-state index in [2.05, 4.69) is 4.98 Å². The zero-order valence-corrected chi connectivity index (χ0v) is 21.0. The molecule has 13 heteroatoms. The van der Waals surface area contributed by atoms with E-state index in [-0.39, 0.29) is 32.2 Å². The Kier molecular flexibility index (Phi) is 7.65. The number of carboxylic acid groups (broad SMARTS) is 3. The fourth-order valence-electron chi connectivity index (χ4n) is 4.63. The van der Waals surface area contributed by atoms with Crippen LogP contribution in [-0.4, -0.2) is 86.6 Å². The zero-order valence-electron chi connectivity index (χ0n) is 19.5. The number of hydrogen-bond acceptors (Lipinski definition) is 6. The number of piperazine rings is 1. The second kappa shape index (κ2) is 10.7. The van der Waals surface area contributed by atoms with Gasteiger partial charge in [-0.05, 0) is 41.8 Å². The van der Waals surface area contributed by atoms with Gasteiger partial charge in [0, 0.05) is 25.4 Å². The first kappa shape index (κ1) is 26.4. The molecule has 1 aromatic heterocycles. The van der Waals surface area contributed by atoms with Crippen molar-refractivity contribution in [1.82, 2.24) is 14.8 Å². The standard InChI is InChI=1S/C24H23Cl2N3O8/c1-12-6-16(25)21(17(26)7-12)37-5-4-36-19-3-2-13(9-27-19)15-8-14-10-28(23(32)33)11-18(20(15)22(30)31)29(14)24(34)35/h2-3,6-9,14,18,20H,4-5,10-11H2,1H3,(H,30,31)(H,32,33)(H,34,35)/t14-,18-,20?/m1/s1. The lowest BCUT2D eigenvalue weighted by Crippen LogP contribution is -2.65. The zero-order chi connectivity index (χ0) is 26.9. The average Bonchev–Trinajstić information content (AvgIpc) is 2.81. The molecule has 0 aliphatic carbocycles. The molecule has 2 amide bonds. The molecule has 3 N–H and O–H groups in total. The highest BCUT2D eigenvalue weighted by atomic mass is 35.5. The normalized spacial score (nSPS) is 20.7. The van der Waals surface area contributed by atoms with Crippen molar-refractivity contribution in [2.45, 2.75) is 19.0 Å². The third-order valence-corrected chi connectivity index (χ3v) is 6.73. The van der Waals surface area contributed by atoms with E-state index in [0.717, 1.165) is 15.4 Å². The van der Waals surface area contributed by atoms with E-state index >= 15 is 0 Å². The molecular weight excluding hydrogens is 529 g/mol. The molecule has 3 heterocycles. The molecule has 2 bridgehead atoms. The maximum atomic E-state index is 12.2. The number of nitrogens with zero attached hydrogens (tertiary/aromatic N) is 3. The number of halogens is 2. The molecule has 0 spiro atoms. The van der Waals surface area contributed by atoms with E-state index in [1.807, 2.05) is 6.92 Å². The monoisotopic (exact) mass is 551 g/mol. The van der Waals surface area contributed by atoms with E-state index in [1.165, 1.54) is 12.3 Å². The maximum absolute atomic E-state index is 12.2. The van der Waals surface area contributed by atoms with Crippen LogP contribution in [0, 0.1) is 12.8 Å². The summed E-state index contributed by atoms with van der Waals surface area (Å²) in [6.45, 7) is 1.79. The van der Waals surface area contributed by atoms with Crippen LogP contribution < -0.4 is 9.47 Å². The van der Waals surface area contributed by atoms with Crippen molar-refractivity contribution in [2.24, 2.45) is 5.92 Å². The molecule has 37 heavy (non-hydrogen) atoms. The van der Waals surface area contributed by atoms with Crippen LogP contribution >= 0.6 is 23.2 Å². The third-order valence-electron chi connectivity index (χ3n) is 6.17. The van der Waals surface area contributed by atoms with Gasteiger partial charge in [-0.2, -0.15) is 0 Å². The summed E-state index contributed by atoms with van der Waals surface area (Å²) >= 11 is 12.3. The molecule has 0 saturated carbocycles. The summed E-state index contributed by atoms with van der Waals surface area (Å²) in [7, 11) is 0. The van der Waals surface area contributed by atoms with Gasteiger partial charge in [0.2, 0.25) is 5.88 Å². The van der Waals surface area contributed by atoms with Crippen molar-refractivity contribution in [2.75, 3.05) is 26.3 Å². The molecule has 11 nitrogen and oxygen atoms in total. The summed E-state index contributed by atoms with van der Waals surface area (Å²) < 4.78 is 11.2. The summed E-state index contributed by atoms with van der Waals surface area (Å²) in [6.07, 6.45) is 0.380. The lowest BCUT2D eigenvalue weighted by Gasteiger charge is -2.49. The number of hydrogen-bond donors (Lipinski definition) is 3. The van der Waals surface area contributed by atoms with E-state index in [0.29, 0.717) is 26.9 Å². The van der Waals surface area contributed by atoms with Crippen LogP contribution in [0.4, 0.5) is 9.59 Å². The van der Waals surface area contributed by atoms with Gasteiger partial charge in [-0.15, -0.1) is 0 Å². The number of benzene rings is 1. The highest BCUT2D eigenvalue weighted by Crippen LogP contribution is 2.38. The van der Waals surface area contributed by atoms with Gasteiger partial charge < -0.3 is 29.7 Å². The fraction of sp³-hybridized carbons (Fsp3) is 0.333. The minimum atomic E-state index is -1.31. The lowest BCUT2D eigenvalue weighted by molar-refractivity contribution is -0.142. The summed E-state index contributed by atoms with van der Waals surface area (Å²) in [5, 5.41) is 29.8. The van der Waals surface area contributed by atoms with Crippen molar-refractivity contribution in [3.63, 3.8) is 0 Å². The Morgan fingerprint density at radius 1 is 1.03 bits per heavy atom. The van der Waals surface area contributed by atoms with Crippen LogP contribution in [0.2, 0.25) is 10.0 Å². The quantitative estimate of drug-likeness (QED) is 0.434. The molecule has 1 saturated heterocycles. The van der Waals surface area contributed by atoms with Crippen molar-refractivity contribution in [3.05, 3.63) is 57.7 Å². The van der Waals surface area contributed by atoms with Crippen molar-refractivity contribution >= 4 is 46.9 Å². The molecule has 2 aliphatic rings. The predicted molar refractivity (Wildman–Crippen MR) is 133 cm³/mol. The van der Waals surface area contributed by atoms with Crippen molar-refractivity contribution < 1.29 is 39.2 Å². The number of carboxylic acids is 1. The molecule has 196 valence electrons. The number of aromatic nitrogens is 1. The highest BCUT2D eigenvalue weighted by Gasteiger charge is 2.49. The van der Waals surface area contributed by atoms with Crippen LogP contribution in [0.1, 0.15) is 11.1 Å². The Morgan fingerprint density at radius 2 is 1.70 bits per heavy atom. The number of aryl methyl sites for hydroxylation is 1. The number of amides is 2. The van der Waals surface area contributed by atoms with Gasteiger partial charge >= 0.3 is 18.2 Å². The molecular formula is C24H23Cl2N3O8. The third kappa shape index (κ3) is 5.52. The Balaban J connectivity index is 1.47. The second-order valence-corrected chi connectivity index (χ2v) is 9.40. The topological polar surface area (TPSA) is 150 Å². The first-order chi connectivity index (χ1) is 17.6. The largest absolute Gasteiger partial charge is 0.487 e. The lowest BCUT2D eigenvalue weighted by atomic mass is 9.79. The Hall–Kier alpha value is -3.70.